The zero-order valence-corrected chi connectivity index (χ0v) is 29.0. The highest BCUT2D eigenvalue weighted by molar-refractivity contribution is 8.45. The van der Waals surface area contributed by atoms with E-state index >= 15 is 0 Å². The van der Waals surface area contributed by atoms with Crippen molar-refractivity contribution in [3.8, 4) is 22.9 Å². The fraction of sp³-hybridized carbons (Fsp3) is 0.303. The number of nitrogens with one attached hydrogen (secondary N) is 1. The summed E-state index contributed by atoms with van der Waals surface area (Å²) in [6, 6.07) is 7.27. The lowest BCUT2D eigenvalue weighted by Gasteiger charge is -2.40. The largest absolute Gasteiger partial charge is 0.504 e. The second kappa shape index (κ2) is 12.1. The molecule has 3 aromatic heterocycles. The summed E-state index contributed by atoms with van der Waals surface area (Å²) < 4.78 is 74.6. The van der Waals surface area contributed by atoms with Gasteiger partial charge in [-0.25, -0.2) is 9.97 Å². The van der Waals surface area contributed by atoms with Crippen LogP contribution < -0.4 is 20.5 Å². The SMILES string of the molecule is CCc1c(N2CCN(C(=O)c3ncnc(C)c3O)CC2)c(=O)n2nc(-c3ccc4c(c3)OCC4)nc2n1CC(=O)Nc1ccc(S(F)(F)(F)(F)F)cc1. The molecule has 7 rings (SSSR count). The van der Waals surface area contributed by atoms with E-state index in [4.69, 9.17) is 4.74 Å². The molecule has 0 spiro atoms. The Kier molecular flexibility index (Phi) is 8.15. The van der Waals surface area contributed by atoms with Crippen LogP contribution in [0, 0.1) is 6.92 Å². The summed E-state index contributed by atoms with van der Waals surface area (Å²) >= 11 is 0. The molecule has 1 saturated heterocycles. The van der Waals surface area contributed by atoms with E-state index in [-0.39, 0.29) is 84.8 Å². The summed E-state index contributed by atoms with van der Waals surface area (Å²) in [4.78, 5) is 54.5. The topological polar surface area (TPSA) is 160 Å². The third-order valence-corrected chi connectivity index (χ3v) is 10.3. The first-order valence-corrected chi connectivity index (χ1v) is 18.3. The number of rotatable bonds is 8. The number of halogens is 5. The number of hydrogen-bond acceptors (Lipinski definition) is 10. The van der Waals surface area contributed by atoms with Crippen LogP contribution in [0.1, 0.15) is 34.4 Å². The predicted octanol–water partition coefficient (Wildman–Crippen LogP) is 5.12. The van der Waals surface area contributed by atoms with Crippen molar-refractivity contribution in [3.05, 3.63) is 81.8 Å². The van der Waals surface area contributed by atoms with Gasteiger partial charge in [0.25, 0.3) is 11.5 Å². The highest BCUT2D eigenvalue weighted by atomic mass is 32.5. The Hall–Kier alpha value is -5.79. The summed E-state index contributed by atoms with van der Waals surface area (Å²) in [7, 11) is -9.93. The van der Waals surface area contributed by atoms with E-state index in [1.807, 2.05) is 6.07 Å². The molecule has 14 nitrogen and oxygen atoms in total. The first-order valence-electron chi connectivity index (χ1n) is 16.4. The molecule has 0 unspecified atom stereocenters. The van der Waals surface area contributed by atoms with Gasteiger partial charge >= 0.3 is 10.2 Å². The van der Waals surface area contributed by atoms with Gasteiger partial charge < -0.3 is 29.5 Å². The molecule has 2 N–H and O–H groups in total. The van der Waals surface area contributed by atoms with Crippen LogP contribution in [0.3, 0.4) is 0 Å². The zero-order valence-electron chi connectivity index (χ0n) is 28.2. The average molecular weight is 762 g/mol. The van der Waals surface area contributed by atoms with Crippen molar-refractivity contribution in [1.82, 2.24) is 34.0 Å². The van der Waals surface area contributed by atoms with Gasteiger partial charge in [-0.2, -0.15) is 9.50 Å². The quantitative estimate of drug-likeness (QED) is 0.203. The highest BCUT2D eigenvalue weighted by Crippen LogP contribution is 3.02. The molecule has 280 valence electrons. The van der Waals surface area contributed by atoms with Crippen LogP contribution in [0.5, 0.6) is 11.5 Å². The number of carbonyl (C=O) groups excluding carboxylic acids is 2. The van der Waals surface area contributed by atoms with E-state index in [0.717, 1.165) is 28.6 Å². The molecule has 0 aliphatic carbocycles. The molecule has 20 heteroatoms. The lowest BCUT2D eigenvalue weighted by molar-refractivity contribution is -0.116. The maximum Gasteiger partial charge on any atom is 0.310 e. The number of fused-ring (bicyclic) bond motifs is 2. The van der Waals surface area contributed by atoms with Crippen LogP contribution in [0.2, 0.25) is 0 Å². The number of anilines is 2. The van der Waals surface area contributed by atoms with Gasteiger partial charge in [0.05, 0.1) is 18.0 Å². The van der Waals surface area contributed by atoms with Crippen LogP contribution >= 0.6 is 10.2 Å². The Morgan fingerprint density at radius 1 is 1.00 bits per heavy atom. The van der Waals surface area contributed by atoms with Crippen molar-refractivity contribution in [1.29, 1.82) is 0 Å². The molecular formula is C33H32F5N9O5S. The molecule has 2 aliphatic heterocycles. The van der Waals surface area contributed by atoms with E-state index in [0.29, 0.717) is 23.6 Å². The average Bonchev–Trinajstić information content (AvgIpc) is 3.77. The summed E-state index contributed by atoms with van der Waals surface area (Å²) in [6.45, 7) is 3.99. The molecule has 5 aromatic rings. The van der Waals surface area contributed by atoms with Crippen molar-refractivity contribution in [2.45, 2.75) is 38.1 Å². The van der Waals surface area contributed by atoms with Gasteiger partial charge in [0, 0.05) is 43.9 Å². The number of nitrogens with zero attached hydrogens (tertiary/aromatic N) is 8. The number of hydrogen-bond donors (Lipinski definition) is 2. The molecule has 2 aromatic carbocycles. The molecule has 2 aliphatic rings. The molecule has 0 bridgehead atoms. The minimum atomic E-state index is -9.93. The van der Waals surface area contributed by atoms with Gasteiger partial charge in [-0.05, 0) is 49.2 Å². The Morgan fingerprint density at radius 3 is 2.40 bits per heavy atom. The van der Waals surface area contributed by atoms with Crippen LogP contribution in [-0.2, 0) is 24.2 Å². The first kappa shape index (κ1) is 35.6. The highest BCUT2D eigenvalue weighted by Gasteiger charge is 2.65. The lowest BCUT2D eigenvalue weighted by Crippen LogP contribution is -2.51. The Morgan fingerprint density at radius 2 is 1.72 bits per heavy atom. The Bertz CT molecular complexity index is 2360. The fourth-order valence-corrected chi connectivity index (χ4v) is 7.05. The number of amides is 2. The van der Waals surface area contributed by atoms with E-state index in [2.05, 4.69) is 25.4 Å². The second-order valence-electron chi connectivity index (χ2n) is 12.6. The third-order valence-electron chi connectivity index (χ3n) is 9.09. The maximum atomic E-state index is 14.3. The zero-order chi connectivity index (χ0) is 37.9. The molecule has 53 heavy (non-hydrogen) atoms. The predicted molar refractivity (Wildman–Crippen MR) is 184 cm³/mol. The number of ether oxygens (including phenoxy) is 1. The molecule has 0 saturated carbocycles. The molecule has 5 heterocycles. The molecular weight excluding hydrogens is 729 g/mol. The first-order chi connectivity index (χ1) is 24.9. The lowest BCUT2D eigenvalue weighted by atomic mass is 10.1. The van der Waals surface area contributed by atoms with Gasteiger partial charge in [0.15, 0.2) is 17.3 Å². The van der Waals surface area contributed by atoms with E-state index in [1.165, 1.54) is 15.8 Å². The third kappa shape index (κ3) is 6.80. The van der Waals surface area contributed by atoms with Crippen LogP contribution in [0.25, 0.3) is 17.2 Å². The Labute approximate surface area is 297 Å². The summed E-state index contributed by atoms with van der Waals surface area (Å²) in [5, 5.41) is 17.3. The molecule has 0 atom stereocenters. The van der Waals surface area contributed by atoms with Gasteiger partial charge in [0.1, 0.15) is 29.2 Å². The molecule has 2 amide bonds. The van der Waals surface area contributed by atoms with Crippen molar-refractivity contribution >= 4 is 39.2 Å². The van der Waals surface area contributed by atoms with Crippen molar-refractivity contribution in [2.24, 2.45) is 0 Å². The molecule has 1 fully saturated rings. The van der Waals surface area contributed by atoms with Crippen molar-refractivity contribution in [3.63, 3.8) is 0 Å². The van der Waals surface area contributed by atoms with Crippen molar-refractivity contribution < 1.29 is 38.9 Å². The maximum absolute atomic E-state index is 14.3. The van der Waals surface area contributed by atoms with Crippen LogP contribution in [0.15, 0.2) is 58.5 Å². The van der Waals surface area contributed by atoms with Gasteiger partial charge in [-0.1, -0.05) is 38.5 Å². The summed E-state index contributed by atoms with van der Waals surface area (Å²) in [6.07, 6.45) is 2.13. The number of benzene rings is 2. The van der Waals surface area contributed by atoms with E-state index < -0.39 is 39.0 Å². The minimum Gasteiger partial charge on any atom is -0.504 e. The number of aromatic nitrogens is 6. The van der Waals surface area contributed by atoms with E-state index in [1.54, 1.807) is 30.9 Å². The van der Waals surface area contributed by atoms with Crippen LogP contribution in [0.4, 0.5) is 30.8 Å². The second-order valence-corrected chi connectivity index (χ2v) is 15.0. The minimum absolute atomic E-state index is 0.00171. The van der Waals surface area contributed by atoms with Crippen LogP contribution in [-0.4, -0.2) is 83.7 Å². The van der Waals surface area contributed by atoms with E-state index in [9.17, 15) is 38.9 Å². The monoisotopic (exact) mass is 761 g/mol. The smallest absolute Gasteiger partial charge is 0.310 e. The standard InChI is InChI=1S/C33H32F5N9O5S/c1-3-24-28(44-11-13-45(14-12-44)31(50)27-29(49)19(2)39-18-40-27)32(51)47-33(42-30(43-47)21-5-4-20-10-15-52-25(20)16-21)46(24)17-26(48)41-22-6-8-23(9-7-22)53(34,35,36,37)38/h4-9,16,18,49H,3,10-15,17H2,1-2H3,(H,41,48). The van der Waals surface area contributed by atoms with Gasteiger partial charge in [-0.15, -0.1) is 5.10 Å². The number of piperazine rings is 1. The summed E-state index contributed by atoms with van der Waals surface area (Å²) in [5.74, 6) is -0.771. The number of carbonyl (C=O) groups is 2. The normalized spacial score (nSPS) is 15.8. The number of aromatic hydroxyl groups is 1. The fourth-order valence-electron chi connectivity index (χ4n) is 6.40. The molecule has 0 radical (unpaired) electrons. The summed E-state index contributed by atoms with van der Waals surface area (Å²) in [5.41, 5.74) is 1.51. The van der Waals surface area contributed by atoms with Gasteiger partial charge in [-0.3, -0.25) is 14.4 Å². The number of aryl methyl sites for hydroxylation is 1. The van der Waals surface area contributed by atoms with Gasteiger partial charge in [0.2, 0.25) is 11.7 Å². The Balaban J connectivity index is 1.24. The van der Waals surface area contributed by atoms with Crippen molar-refractivity contribution in [2.75, 3.05) is 43.0 Å².